The molecule has 0 aromatic carbocycles. The van der Waals surface area contributed by atoms with Gasteiger partial charge in [-0.05, 0) is 6.92 Å². The molecule has 0 radical (unpaired) electrons. The van der Waals surface area contributed by atoms with Gasteiger partial charge in [0.05, 0.1) is 6.61 Å². The van der Waals surface area contributed by atoms with Crippen LogP contribution in [0.1, 0.15) is 6.92 Å². The molecule has 0 amide bonds. The molecular weight excluding hydrogens is 164 g/mol. The van der Waals surface area contributed by atoms with Crippen molar-refractivity contribution >= 4 is 18.4 Å². The van der Waals surface area contributed by atoms with E-state index in [1.807, 2.05) is 0 Å². The molecule has 0 aromatic heterocycles. The van der Waals surface area contributed by atoms with E-state index in [4.69, 9.17) is 0 Å². The predicted octanol–water partition coefficient (Wildman–Crippen LogP) is -0.195. The van der Waals surface area contributed by atoms with Crippen LogP contribution in [0.4, 0.5) is 0 Å². The maximum absolute atomic E-state index is 10.5. The lowest BCUT2D eigenvalue weighted by Gasteiger charge is -1.93. The van der Waals surface area contributed by atoms with E-state index in [2.05, 4.69) is 9.47 Å². The van der Waals surface area contributed by atoms with Crippen molar-refractivity contribution in [3.63, 3.8) is 0 Å². The van der Waals surface area contributed by atoms with Crippen LogP contribution in [0.5, 0.6) is 0 Å². The first-order chi connectivity index (χ1) is 5.70. The highest BCUT2D eigenvalue weighted by Crippen LogP contribution is 1.83. The minimum absolute atomic E-state index is 0.0160. The molecule has 0 aliphatic carbocycles. The summed E-state index contributed by atoms with van der Waals surface area (Å²) in [6.45, 7) is 1.85. The van der Waals surface area contributed by atoms with Crippen molar-refractivity contribution in [2.24, 2.45) is 0 Å². The second-order valence-electron chi connectivity index (χ2n) is 1.62. The second-order valence-corrected chi connectivity index (χ2v) is 1.62. The van der Waals surface area contributed by atoms with E-state index in [9.17, 15) is 14.4 Å². The normalized spacial score (nSPS) is 9.42. The zero-order valence-electron chi connectivity index (χ0n) is 6.48. The summed E-state index contributed by atoms with van der Waals surface area (Å²) < 4.78 is 8.30. The van der Waals surface area contributed by atoms with Crippen molar-refractivity contribution in [1.29, 1.82) is 0 Å². The number of hydrogen-bond donors (Lipinski definition) is 0. The molecule has 0 aliphatic rings. The summed E-state index contributed by atoms with van der Waals surface area (Å²) in [5.74, 6) is -1.56. The Labute approximate surface area is 69.0 Å². The van der Waals surface area contributed by atoms with Crippen LogP contribution in [0.3, 0.4) is 0 Å². The molecule has 0 aliphatic heterocycles. The van der Waals surface area contributed by atoms with Gasteiger partial charge in [0.1, 0.15) is 0 Å². The number of hydrogen-bond acceptors (Lipinski definition) is 5. The van der Waals surface area contributed by atoms with E-state index >= 15 is 0 Å². The molecule has 12 heavy (non-hydrogen) atoms. The Hall–Kier alpha value is -1.65. The van der Waals surface area contributed by atoms with Crippen molar-refractivity contribution in [3.05, 3.63) is 12.2 Å². The summed E-state index contributed by atoms with van der Waals surface area (Å²) in [4.78, 5) is 30.5. The maximum Gasteiger partial charge on any atom is 0.338 e. The van der Waals surface area contributed by atoms with Gasteiger partial charge in [0, 0.05) is 12.2 Å². The highest BCUT2D eigenvalue weighted by molar-refractivity contribution is 5.93. The van der Waals surface area contributed by atoms with E-state index in [-0.39, 0.29) is 13.1 Å². The molecule has 0 spiro atoms. The molecule has 0 aromatic rings. The Morgan fingerprint density at radius 2 is 1.83 bits per heavy atom. The Morgan fingerprint density at radius 3 is 2.33 bits per heavy atom. The first-order valence-corrected chi connectivity index (χ1v) is 3.19. The molecule has 0 atom stereocenters. The third-order valence-corrected chi connectivity index (χ3v) is 0.806. The summed E-state index contributed by atoms with van der Waals surface area (Å²) in [7, 11) is 0. The van der Waals surface area contributed by atoms with Crippen molar-refractivity contribution in [2.75, 3.05) is 6.61 Å². The summed E-state index contributed by atoms with van der Waals surface area (Å²) in [6, 6.07) is 0. The van der Waals surface area contributed by atoms with Crippen LogP contribution in [-0.2, 0) is 23.9 Å². The molecule has 0 fully saturated rings. The zero-order valence-corrected chi connectivity index (χ0v) is 6.48. The molecule has 0 N–H and O–H groups in total. The van der Waals surface area contributed by atoms with Crippen LogP contribution < -0.4 is 0 Å². The third kappa shape index (κ3) is 5.16. The van der Waals surface area contributed by atoms with Crippen molar-refractivity contribution in [3.8, 4) is 0 Å². The lowest BCUT2D eigenvalue weighted by molar-refractivity contribution is -0.147. The molecule has 0 saturated heterocycles. The Morgan fingerprint density at radius 1 is 1.25 bits per heavy atom. The molecule has 0 bridgehead atoms. The molecule has 5 nitrogen and oxygen atoms in total. The van der Waals surface area contributed by atoms with Gasteiger partial charge in [-0.15, -0.1) is 0 Å². The third-order valence-electron chi connectivity index (χ3n) is 0.806. The van der Waals surface area contributed by atoms with Crippen LogP contribution >= 0.6 is 0 Å². The summed E-state index contributed by atoms with van der Waals surface area (Å²) in [6.07, 6.45) is 1.70. The summed E-state index contributed by atoms with van der Waals surface area (Å²) in [5.41, 5.74) is 0. The molecule has 0 heterocycles. The zero-order chi connectivity index (χ0) is 9.40. The van der Waals surface area contributed by atoms with Crippen molar-refractivity contribution in [2.45, 2.75) is 6.92 Å². The van der Waals surface area contributed by atoms with Gasteiger partial charge in [0.25, 0.3) is 0 Å². The highest BCUT2D eigenvalue weighted by Gasteiger charge is 1.97. The van der Waals surface area contributed by atoms with E-state index in [0.717, 1.165) is 12.2 Å². The lowest BCUT2D eigenvalue weighted by atomic mass is 10.5. The minimum Gasteiger partial charge on any atom is -0.463 e. The van der Waals surface area contributed by atoms with Gasteiger partial charge in [0.15, 0.2) is 0 Å². The lowest BCUT2D eigenvalue weighted by Crippen LogP contribution is -2.02. The van der Waals surface area contributed by atoms with E-state index in [1.165, 1.54) is 0 Å². The van der Waals surface area contributed by atoms with Gasteiger partial charge in [-0.1, -0.05) is 0 Å². The van der Waals surface area contributed by atoms with Crippen LogP contribution in [0.25, 0.3) is 0 Å². The van der Waals surface area contributed by atoms with Crippen molar-refractivity contribution in [1.82, 2.24) is 0 Å². The van der Waals surface area contributed by atoms with Crippen LogP contribution in [0, 0.1) is 0 Å². The van der Waals surface area contributed by atoms with Gasteiger partial charge < -0.3 is 9.47 Å². The summed E-state index contributed by atoms with van der Waals surface area (Å²) >= 11 is 0. The Kier molecular flexibility index (Phi) is 5.25. The fraction of sp³-hybridized carbons (Fsp3) is 0.286. The van der Waals surface area contributed by atoms with Crippen molar-refractivity contribution < 1.29 is 23.9 Å². The molecular formula is C7H8O5. The number of esters is 2. The number of carbonyl (C=O) groups excluding carboxylic acids is 3. The molecule has 5 heteroatoms. The SMILES string of the molecule is CCOC(=O)/C=C\C(=O)OC=O. The monoisotopic (exact) mass is 172 g/mol. The first-order valence-electron chi connectivity index (χ1n) is 3.19. The average molecular weight is 172 g/mol. The van der Waals surface area contributed by atoms with Gasteiger partial charge in [-0.3, -0.25) is 4.79 Å². The minimum atomic E-state index is -0.905. The molecule has 66 valence electrons. The fourth-order valence-corrected chi connectivity index (χ4v) is 0.413. The first kappa shape index (κ1) is 10.3. The smallest absolute Gasteiger partial charge is 0.338 e. The Bertz CT molecular complexity index is 206. The van der Waals surface area contributed by atoms with Gasteiger partial charge in [-0.25, -0.2) is 9.59 Å². The molecule has 0 unspecified atom stereocenters. The van der Waals surface area contributed by atoms with Crippen LogP contribution in [-0.4, -0.2) is 25.0 Å². The predicted molar refractivity (Wildman–Crippen MR) is 37.9 cm³/mol. The fourth-order valence-electron chi connectivity index (χ4n) is 0.413. The van der Waals surface area contributed by atoms with Crippen LogP contribution in [0.15, 0.2) is 12.2 Å². The summed E-state index contributed by atoms with van der Waals surface area (Å²) in [5, 5.41) is 0. The topological polar surface area (TPSA) is 69.7 Å². The quantitative estimate of drug-likeness (QED) is 0.254. The molecule has 0 rings (SSSR count). The molecule has 0 saturated carbocycles. The average Bonchev–Trinajstić information content (AvgIpc) is 2.02. The Balaban J connectivity index is 3.80. The number of rotatable bonds is 4. The van der Waals surface area contributed by atoms with Gasteiger partial charge in [0.2, 0.25) is 0 Å². The largest absolute Gasteiger partial charge is 0.463 e. The highest BCUT2D eigenvalue weighted by atomic mass is 16.6. The van der Waals surface area contributed by atoms with E-state index < -0.39 is 11.9 Å². The number of ether oxygens (including phenoxy) is 2. The van der Waals surface area contributed by atoms with Gasteiger partial charge in [-0.2, -0.15) is 0 Å². The van der Waals surface area contributed by atoms with Gasteiger partial charge >= 0.3 is 18.4 Å². The standard InChI is InChI=1S/C7H8O5/c1-2-11-6(9)3-4-7(10)12-5-8/h3-5H,2H2,1H3/b4-3-. The number of carbonyl (C=O) groups is 3. The van der Waals surface area contributed by atoms with E-state index in [0.29, 0.717) is 0 Å². The van der Waals surface area contributed by atoms with Crippen LogP contribution in [0.2, 0.25) is 0 Å². The maximum atomic E-state index is 10.5. The van der Waals surface area contributed by atoms with E-state index in [1.54, 1.807) is 6.92 Å². The second kappa shape index (κ2) is 6.09.